The van der Waals surface area contributed by atoms with E-state index < -0.39 is 11.9 Å². The van der Waals surface area contributed by atoms with Gasteiger partial charge in [-0.2, -0.15) is 0 Å². The lowest BCUT2D eigenvalue weighted by Crippen LogP contribution is -2.51. The predicted molar refractivity (Wildman–Crippen MR) is 146 cm³/mol. The summed E-state index contributed by atoms with van der Waals surface area (Å²) in [5.74, 6) is -1.33. The summed E-state index contributed by atoms with van der Waals surface area (Å²) >= 11 is 0. The molecule has 10 nitrogen and oxygen atoms in total. The maximum absolute atomic E-state index is 12.5. The molecule has 1 aromatic heterocycles. The molecule has 0 bridgehead atoms. The molecule has 0 spiro atoms. The lowest BCUT2D eigenvalue weighted by molar-refractivity contribution is -0.160. The van der Waals surface area contributed by atoms with Gasteiger partial charge in [0.2, 0.25) is 5.91 Å². The summed E-state index contributed by atoms with van der Waals surface area (Å²) < 4.78 is 5.15. The average Bonchev–Trinajstić information content (AvgIpc) is 3.00. The molecule has 1 saturated heterocycles. The number of pyridine rings is 1. The fourth-order valence-corrected chi connectivity index (χ4v) is 5.04. The van der Waals surface area contributed by atoms with Crippen LogP contribution in [-0.2, 0) is 19.1 Å². The summed E-state index contributed by atoms with van der Waals surface area (Å²) in [6.45, 7) is 3.31. The number of anilines is 1. The van der Waals surface area contributed by atoms with Gasteiger partial charge in [0.05, 0.1) is 6.61 Å². The smallest absolute Gasteiger partial charge is 0.397 e. The fraction of sp³-hybridized carbons (Fsp3) is 0.483. The zero-order chi connectivity index (χ0) is 27.5. The number of aromatic nitrogens is 1. The summed E-state index contributed by atoms with van der Waals surface area (Å²) in [4.78, 5) is 57.1. The number of nitrogens with zero attached hydrogens (tertiary/aromatic N) is 3. The largest absolute Gasteiger partial charge is 0.458 e. The topological polar surface area (TPSA) is 121 Å². The van der Waals surface area contributed by atoms with Crippen LogP contribution in [0, 0.1) is 11.8 Å². The minimum atomic E-state index is -0.844. The van der Waals surface area contributed by atoms with Crippen LogP contribution in [0.1, 0.15) is 42.6 Å². The van der Waals surface area contributed by atoms with E-state index in [4.69, 9.17) is 4.74 Å². The molecule has 1 aromatic carbocycles. The molecule has 1 saturated carbocycles. The first-order chi connectivity index (χ1) is 19.0. The number of carbonyl (C=O) groups is 4. The molecule has 0 atom stereocenters. The number of esters is 1. The third-order valence-corrected chi connectivity index (χ3v) is 7.38. The maximum Gasteiger partial charge on any atom is 0.397 e. The Kier molecular flexibility index (Phi) is 10.3. The first-order valence-corrected chi connectivity index (χ1v) is 13.7. The van der Waals surface area contributed by atoms with Crippen LogP contribution in [0.5, 0.6) is 0 Å². The van der Waals surface area contributed by atoms with Crippen molar-refractivity contribution in [2.45, 2.75) is 32.1 Å². The van der Waals surface area contributed by atoms with Crippen molar-refractivity contribution in [1.29, 1.82) is 0 Å². The Morgan fingerprint density at radius 1 is 0.872 bits per heavy atom. The molecule has 4 rings (SSSR count). The van der Waals surface area contributed by atoms with Gasteiger partial charge in [0.15, 0.2) is 0 Å². The highest BCUT2D eigenvalue weighted by atomic mass is 16.5. The third-order valence-electron chi connectivity index (χ3n) is 7.38. The van der Waals surface area contributed by atoms with Crippen LogP contribution in [0.2, 0.25) is 0 Å². The molecule has 3 amide bonds. The highest BCUT2D eigenvalue weighted by Gasteiger charge is 2.28. The number of carbonyl (C=O) groups excluding carboxylic acids is 4. The molecular weight excluding hydrogens is 498 g/mol. The van der Waals surface area contributed by atoms with Crippen LogP contribution in [0.15, 0.2) is 54.7 Å². The molecule has 2 aliphatic rings. The summed E-state index contributed by atoms with van der Waals surface area (Å²) in [7, 11) is 0. The molecule has 0 unspecified atom stereocenters. The highest BCUT2D eigenvalue weighted by Crippen LogP contribution is 2.28. The van der Waals surface area contributed by atoms with Gasteiger partial charge in [-0.05, 0) is 62.3 Å². The van der Waals surface area contributed by atoms with Crippen molar-refractivity contribution < 1.29 is 23.9 Å². The fourth-order valence-electron chi connectivity index (χ4n) is 5.04. The van der Waals surface area contributed by atoms with Crippen LogP contribution in [-0.4, -0.2) is 79.5 Å². The molecule has 1 aliphatic carbocycles. The second kappa shape index (κ2) is 14.3. The monoisotopic (exact) mass is 535 g/mol. The van der Waals surface area contributed by atoms with E-state index in [0.29, 0.717) is 57.3 Å². The first-order valence-electron chi connectivity index (χ1n) is 13.7. The Hall–Kier alpha value is -3.95. The number of para-hydroxylation sites is 1. The Bertz CT molecular complexity index is 1100. The first kappa shape index (κ1) is 28.1. The zero-order valence-corrected chi connectivity index (χ0v) is 22.2. The number of ether oxygens (including phenoxy) is 1. The number of hydrogen-bond acceptors (Lipinski definition) is 7. The van der Waals surface area contributed by atoms with Crippen molar-refractivity contribution in [3.05, 3.63) is 60.4 Å². The summed E-state index contributed by atoms with van der Waals surface area (Å²) in [6, 6.07) is 15.2. The van der Waals surface area contributed by atoms with Gasteiger partial charge in [0.1, 0.15) is 5.69 Å². The molecule has 0 radical (unpaired) electrons. The predicted octanol–water partition coefficient (Wildman–Crippen LogP) is 2.02. The Balaban J connectivity index is 1.04. The second-order valence-corrected chi connectivity index (χ2v) is 10.0. The Morgan fingerprint density at radius 2 is 1.59 bits per heavy atom. The molecule has 2 heterocycles. The SMILES string of the molecule is O=C(OCCCNC(=O)C1CCC(CNC(=O)c2ccccn2)CC1)C(=O)N1CCN(c2ccccc2)CC1. The average molecular weight is 536 g/mol. The van der Waals surface area contributed by atoms with Gasteiger partial charge in [0.25, 0.3) is 5.91 Å². The normalized spacial score (nSPS) is 19.2. The van der Waals surface area contributed by atoms with Gasteiger partial charge < -0.3 is 25.2 Å². The van der Waals surface area contributed by atoms with E-state index in [9.17, 15) is 19.2 Å². The number of nitrogens with one attached hydrogen (secondary N) is 2. The molecular formula is C29H37N5O5. The lowest BCUT2D eigenvalue weighted by Gasteiger charge is -2.35. The van der Waals surface area contributed by atoms with E-state index in [-0.39, 0.29) is 24.3 Å². The third kappa shape index (κ3) is 8.27. The Labute approximate surface area is 229 Å². The number of benzene rings is 1. The van der Waals surface area contributed by atoms with Crippen LogP contribution < -0.4 is 15.5 Å². The van der Waals surface area contributed by atoms with E-state index in [0.717, 1.165) is 31.4 Å². The molecule has 1 aliphatic heterocycles. The second-order valence-electron chi connectivity index (χ2n) is 10.0. The van der Waals surface area contributed by atoms with Crippen molar-refractivity contribution in [3.8, 4) is 0 Å². The van der Waals surface area contributed by atoms with Crippen molar-refractivity contribution in [2.75, 3.05) is 50.8 Å². The van der Waals surface area contributed by atoms with Crippen molar-refractivity contribution in [2.24, 2.45) is 11.8 Å². The molecule has 2 aromatic rings. The van der Waals surface area contributed by atoms with E-state index in [2.05, 4.69) is 20.5 Å². The minimum Gasteiger partial charge on any atom is -0.458 e. The summed E-state index contributed by atoms with van der Waals surface area (Å²) in [6.07, 6.45) is 5.34. The molecule has 2 N–H and O–H groups in total. The molecule has 2 fully saturated rings. The standard InChI is InChI=1S/C29H37N5O5/c35-26(23-12-10-22(11-13-23)21-32-27(36)25-9-4-5-14-30-25)31-15-6-20-39-29(38)28(37)34-18-16-33(17-19-34)24-7-2-1-3-8-24/h1-5,7-9,14,22-23H,6,10-13,15-21H2,(H,31,35)(H,32,36). The Morgan fingerprint density at radius 3 is 2.28 bits per heavy atom. The summed E-state index contributed by atoms with van der Waals surface area (Å²) in [5, 5.41) is 5.85. The van der Waals surface area contributed by atoms with Gasteiger partial charge in [-0.15, -0.1) is 0 Å². The van der Waals surface area contributed by atoms with Gasteiger partial charge in [-0.25, -0.2) is 4.79 Å². The van der Waals surface area contributed by atoms with Crippen LogP contribution in [0.4, 0.5) is 5.69 Å². The van der Waals surface area contributed by atoms with Crippen molar-refractivity contribution in [3.63, 3.8) is 0 Å². The molecule has 39 heavy (non-hydrogen) atoms. The van der Waals surface area contributed by atoms with Crippen molar-refractivity contribution >= 4 is 29.4 Å². The number of piperazine rings is 1. The molecule has 10 heteroatoms. The van der Waals surface area contributed by atoms with E-state index in [1.54, 1.807) is 24.4 Å². The summed E-state index contributed by atoms with van der Waals surface area (Å²) in [5.41, 5.74) is 1.51. The maximum atomic E-state index is 12.5. The number of amides is 3. The van der Waals surface area contributed by atoms with Crippen LogP contribution in [0.25, 0.3) is 0 Å². The zero-order valence-electron chi connectivity index (χ0n) is 22.2. The number of rotatable bonds is 9. The minimum absolute atomic E-state index is 0.00432. The van der Waals surface area contributed by atoms with Gasteiger partial charge >= 0.3 is 11.9 Å². The van der Waals surface area contributed by atoms with Crippen LogP contribution in [0.3, 0.4) is 0 Å². The highest BCUT2D eigenvalue weighted by molar-refractivity contribution is 6.32. The number of hydrogen-bond donors (Lipinski definition) is 2. The van der Waals surface area contributed by atoms with E-state index in [1.165, 1.54) is 4.90 Å². The van der Waals surface area contributed by atoms with Gasteiger partial charge in [-0.1, -0.05) is 24.3 Å². The van der Waals surface area contributed by atoms with Gasteiger partial charge in [-0.3, -0.25) is 19.4 Å². The quantitative estimate of drug-likeness (QED) is 0.286. The van der Waals surface area contributed by atoms with Gasteiger partial charge in [0, 0.05) is 57.1 Å². The van der Waals surface area contributed by atoms with E-state index >= 15 is 0 Å². The lowest BCUT2D eigenvalue weighted by atomic mass is 9.81. The van der Waals surface area contributed by atoms with Crippen molar-refractivity contribution in [1.82, 2.24) is 20.5 Å². The van der Waals surface area contributed by atoms with E-state index in [1.807, 2.05) is 30.3 Å². The molecule has 208 valence electrons. The van der Waals surface area contributed by atoms with Crippen LogP contribution >= 0.6 is 0 Å².